The van der Waals surface area contributed by atoms with Gasteiger partial charge >= 0.3 is 12.1 Å². The maximum absolute atomic E-state index is 12.4. The summed E-state index contributed by atoms with van der Waals surface area (Å²) in [5, 5.41) is 2.75. The van der Waals surface area contributed by atoms with E-state index >= 15 is 0 Å². The number of ether oxygens (including phenoxy) is 4. The number of carbonyl (C=O) groups excluding carboxylic acids is 2. The summed E-state index contributed by atoms with van der Waals surface area (Å²) in [5.41, 5.74) is 1.70. The zero-order valence-corrected chi connectivity index (χ0v) is 19.1. The van der Waals surface area contributed by atoms with Crippen molar-refractivity contribution in [1.29, 1.82) is 0 Å². The zero-order chi connectivity index (χ0) is 23.1. The Balaban J connectivity index is 1.68. The molecule has 1 heterocycles. The van der Waals surface area contributed by atoms with Crippen LogP contribution >= 0.6 is 0 Å². The van der Waals surface area contributed by atoms with Crippen LogP contribution in [0.4, 0.5) is 10.5 Å². The Morgan fingerprint density at radius 1 is 1.12 bits per heavy atom. The lowest BCUT2D eigenvalue weighted by atomic mass is 9.90. The number of nitrogens with one attached hydrogen (secondary N) is 1. The fraction of sp³-hybridized carbons (Fsp3) is 0.440. The lowest BCUT2D eigenvalue weighted by Gasteiger charge is -2.33. The normalized spacial score (nSPS) is 17.6. The average molecular weight is 442 g/mol. The van der Waals surface area contributed by atoms with Crippen molar-refractivity contribution in [1.82, 2.24) is 0 Å². The molecule has 0 saturated carbocycles. The Kier molecular flexibility index (Phi) is 7.75. The molecule has 0 aliphatic carbocycles. The van der Waals surface area contributed by atoms with Gasteiger partial charge in [0.05, 0.1) is 19.1 Å². The highest BCUT2D eigenvalue weighted by molar-refractivity contribution is 5.85. The minimum atomic E-state index is -0.553. The maximum Gasteiger partial charge on any atom is 0.411 e. The van der Waals surface area contributed by atoms with Gasteiger partial charge in [0, 0.05) is 23.8 Å². The lowest BCUT2D eigenvalue weighted by Crippen LogP contribution is -2.32. The van der Waals surface area contributed by atoms with Gasteiger partial charge in [-0.25, -0.2) is 4.79 Å². The number of rotatable bonds is 7. The van der Waals surface area contributed by atoms with Crippen LogP contribution < -0.4 is 10.1 Å². The van der Waals surface area contributed by atoms with Crippen molar-refractivity contribution in [2.24, 2.45) is 5.92 Å². The number of hydrogen-bond acceptors (Lipinski definition) is 6. The highest BCUT2D eigenvalue weighted by atomic mass is 16.6. The van der Waals surface area contributed by atoms with Gasteiger partial charge < -0.3 is 18.9 Å². The van der Waals surface area contributed by atoms with E-state index in [2.05, 4.69) is 5.32 Å². The van der Waals surface area contributed by atoms with Gasteiger partial charge in [0.1, 0.15) is 18.0 Å². The standard InChI is InChI=1S/C25H31NO6/c1-5-29-23-18(13-22(27)32-25(2,3)4)16-30-21-12-11-19(14-20(21)23)26-24(28)31-15-17-9-7-6-8-10-17/h6-12,14,18,23H,5,13,15-16H2,1-4H3,(H,26,28). The highest BCUT2D eigenvalue weighted by Gasteiger charge is 2.34. The van der Waals surface area contributed by atoms with Crippen LogP contribution in [0.1, 0.15) is 51.3 Å². The molecule has 2 atom stereocenters. The van der Waals surface area contributed by atoms with Crippen LogP contribution in [-0.2, 0) is 25.6 Å². The van der Waals surface area contributed by atoms with E-state index in [1.54, 1.807) is 18.2 Å². The second-order valence-electron chi connectivity index (χ2n) is 8.68. The van der Waals surface area contributed by atoms with Crippen LogP contribution in [0.3, 0.4) is 0 Å². The van der Waals surface area contributed by atoms with E-state index in [0.29, 0.717) is 24.7 Å². The van der Waals surface area contributed by atoms with Gasteiger partial charge in [-0.1, -0.05) is 30.3 Å². The molecule has 1 N–H and O–H groups in total. The van der Waals surface area contributed by atoms with E-state index in [-0.39, 0.29) is 31.0 Å². The summed E-state index contributed by atoms with van der Waals surface area (Å²) in [6.45, 7) is 8.43. The van der Waals surface area contributed by atoms with Crippen LogP contribution in [0.5, 0.6) is 5.75 Å². The van der Waals surface area contributed by atoms with Crippen molar-refractivity contribution in [3.05, 3.63) is 59.7 Å². The number of benzene rings is 2. The van der Waals surface area contributed by atoms with Gasteiger partial charge in [-0.05, 0) is 51.5 Å². The number of fused-ring (bicyclic) bond motifs is 1. The van der Waals surface area contributed by atoms with Gasteiger partial charge in [0.2, 0.25) is 0 Å². The number of amides is 1. The third kappa shape index (κ3) is 6.72. The van der Waals surface area contributed by atoms with Gasteiger partial charge in [-0.3, -0.25) is 10.1 Å². The molecule has 0 saturated heterocycles. The van der Waals surface area contributed by atoms with Crippen molar-refractivity contribution in [3.8, 4) is 5.75 Å². The van der Waals surface area contributed by atoms with E-state index in [9.17, 15) is 9.59 Å². The molecule has 2 unspecified atom stereocenters. The van der Waals surface area contributed by atoms with E-state index < -0.39 is 11.7 Å². The Morgan fingerprint density at radius 3 is 2.56 bits per heavy atom. The molecular formula is C25H31NO6. The van der Waals surface area contributed by atoms with E-state index in [1.165, 1.54) is 0 Å². The first-order valence-electron chi connectivity index (χ1n) is 10.8. The van der Waals surface area contributed by atoms with Gasteiger partial charge in [-0.15, -0.1) is 0 Å². The molecule has 0 radical (unpaired) electrons. The average Bonchev–Trinajstić information content (AvgIpc) is 2.73. The van der Waals surface area contributed by atoms with Crippen molar-refractivity contribution in [3.63, 3.8) is 0 Å². The fourth-order valence-electron chi connectivity index (χ4n) is 3.56. The van der Waals surface area contributed by atoms with E-state index in [4.69, 9.17) is 18.9 Å². The van der Waals surface area contributed by atoms with Crippen molar-refractivity contribution in [2.45, 2.75) is 52.4 Å². The summed E-state index contributed by atoms with van der Waals surface area (Å²) in [6.07, 6.45) is -0.722. The molecule has 32 heavy (non-hydrogen) atoms. The molecule has 0 fully saturated rings. The number of anilines is 1. The lowest BCUT2D eigenvalue weighted by molar-refractivity contribution is -0.158. The van der Waals surface area contributed by atoms with Crippen LogP contribution in [-0.4, -0.2) is 30.9 Å². The first kappa shape index (κ1) is 23.6. The molecule has 1 amide bonds. The van der Waals surface area contributed by atoms with Crippen LogP contribution in [0.15, 0.2) is 48.5 Å². The second-order valence-corrected chi connectivity index (χ2v) is 8.68. The second kappa shape index (κ2) is 10.5. The minimum Gasteiger partial charge on any atom is -0.493 e. The molecule has 7 heteroatoms. The van der Waals surface area contributed by atoms with Gasteiger partial charge in [0.25, 0.3) is 0 Å². The predicted molar refractivity (Wildman–Crippen MR) is 121 cm³/mol. The van der Waals surface area contributed by atoms with Gasteiger partial charge in [0.15, 0.2) is 0 Å². The summed E-state index contributed by atoms with van der Waals surface area (Å²) in [5.74, 6) is 0.183. The summed E-state index contributed by atoms with van der Waals surface area (Å²) < 4.78 is 22.6. The van der Waals surface area contributed by atoms with Crippen molar-refractivity contribution in [2.75, 3.05) is 18.5 Å². The molecule has 172 valence electrons. The molecule has 7 nitrogen and oxygen atoms in total. The molecule has 1 aliphatic rings. The van der Waals surface area contributed by atoms with Crippen LogP contribution in [0, 0.1) is 5.92 Å². The monoisotopic (exact) mass is 441 g/mol. The Morgan fingerprint density at radius 2 is 1.88 bits per heavy atom. The third-order valence-electron chi connectivity index (χ3n) is 4.85. The van der Waals surface area contributed by atoms with E-state index in [1.807, 2.05) is 58.0 Å². The minimum absolute atomic E-state index is 0.179. The number of esters is 1. The van der Waals surface area contributed by atoms with Crippen molar-refractivity contribution < 1.29 is 28.5 Å². The first-order chi connectivity index (χ1) is 15.2. The topological polar surface area (TPSA) is 83.1 Å². The molecule has 2 aromatic rings. The van der Waals surface area contributed by atoms with Crippen LogP contribution in [0.25, 0.3) is 0 Å². The largest absolute Gasteiger partial charge is 0.493 e. The SMILES string of the molecule is CCOC1c2cc(NC(=O)OCc3ccccc3)ccc2OCC1CC(=O)OC(C)(C)C. The Hall–Kier alpha value is -3.06. The number of hydrogen-bond donors (Lipinski definition) is 1. The quantitative estimate of drug-likeness (QED) is 0.591. The van der Waals surface area contributed by atoms with Gasteiger partial charge in [-0.2, -0.15) is 0 Å². The zero-order valence-electron chi connectivity index (χ0n) is 19.1. The summed E-state index contributed by atoms with van der Waals surface area (Å²) in [7, 11) is 0. The Labute approximate surface area is 189 Å². The van der Waals surface area contributed by atoms with E-state index in [0.717, 1.165) is 11.1 Å². The van der Waals surface area contributed by atoms with Crippen LogP contribution in [0.2, 0.25) is 0 Å². The molecule has 0 aromatic heterocycles. The smallest absolute Gasteiger partial charge is 0.411 e. The predicted octanol–water partition coefficient (Wildman–Crippen LogP) is 5.25. The molecule has 1 aliphatic heterocycles. The highest BCUT2D eigenvalue weighted by Crippen LogP contribution is 2.41. The molecule has 0 spiro atoms. The van der Waals surface area contributed by atoms with Crippen molar-refractivity contribution >= 4 is 17.7 Å². The maximum atomic E-state index is 12.4. The summed E-state index contributed by atoms with van der Waals surface area (Å²) in [4.78, 5) is 24.6. The fourth-order valence-corrected chi connectivity index (χ4v) is 3.56. The molecule has 3 rings (SSSR count). The molecule has 2 aromatic carbocycles. The summed E-state index contributed by atoms with van der Waals surface area (Å²) in [6, 6.07) is 14.8. The third-order valence-corrected chi connectivity index (χ3v) is 4.85. The summed E-state index contributed by atoms with van der Waals surface area (Å²) >= 11 is 0. The molecule has 0 bridgehead atoms. The number of carbonyl (C=O) groups is 2. The molecular weight excluding hydrogens is 410 g/mol. The first-order valence-corrected chi connectivity index (χ1v) is 10.8. The Bertz CT molecular complexity index is 922.